The van der Waals surface area contributed by atoms with E-state index < -0.39 is 0 Å². The molecule has 0 aliphatic heterocycles. The van der Waals surface area contributed by atoms with Gasteiger partial charge in [0.1, 0.15) is 6.61 Å². The molecule has 0 saturated heterocycles. The molecule has 0 heterocycles. The second-order valence-corrected chi connectivity index (χ2v) is 3.59. The molecule has 2 nitrogen and oxygen atoms in total. The second-order valence-electron chi connectivity index (χ2n) is 2.68. The van der Waals surface area contributed by atoms with Gasteiger partial charge < -0.3 is 4.74 Å². The van der Waals surface area contributed by atoms with Gasteiger partial charge in [0.2, 0.25) is 0 Å². The standard InChI is InChI=1S/C11H11BrO2/c1-2-3-7-14-11(13)9-5-4-6-10(12)8-9/h2-6,8H,7H2,1H3/b3-2-. The molecule has 14 heavy (non-hydrogen) atoms. The van der Waals surface area contributed by atoms with E-state index in [1.165, 1.54) is 0 Å². The highest BCUT2D eigenvalue weighted by atomic mass is 79.9. The molecule has 0 aliphatic carbocycles. The van der Waals surface area contributed by atoms with Crippen LogP contribution in [0.25, 0.3) is 0 Å². The molecule has 0 aliphatic rings. The number of hydrogen-bond acceptors (Lipinski definition) is 2. The highest BCUT2D eigenvalue weighted by Gasteiger charge is 2.05. The van der Waals surface area contributed by atoms with Gasteiger partial charge in [-0.15, -0.1) is 0 Å². The lowest BCUT2D eigenvalue weighted by Crippen LogP contribution is -2.04. The number of esters is 1. The molecule has 0 fully saturated rings. The number of hydrogen-bond donors (Lipinski definition) is 0. The van der Waals surface area contributed by atoms with Gasteiger partial charge in [-0.3, -0.25) is 0 Å². The smallest absolute Gasteiger partial charge is 0.338 e. The van der Waals surface area contributed by atoms with E-state index in [-0.39, 0.29) is 5.97 Å². The third kappa shape index (κ3) is 3.34. The van der Waals surface area contributed by atoms with Crippen molar-refractivity contribution in [3.63, 3.8) is 0 Å². The third-order valence-electron chi connectivity index (χ3n) is 1.61. The fourth-order valence-corrected chi connectivity index (χ4v) is 1.32. The first-order valence-corrected chi connectivity index (χ1v) is 5.07. The lowest BCUT2D eigenvalue weighted by molar-refractivity contribution is 0.0549. The molecule has 3 heteroatoms. The molecule has 1 aromatic carbocycles. The van der Waals surface area contributed by atoms with Crippen molar-refractivity contribution in [2.24, 2.45) is 0 Å². The van der Waals surface area contributed by atoms with E-state index >= 15 is 0 Å². The molecular formula is C11H11BrO2. The van der Waals surface area contributed by atoms with E-state index in [0.29, 0.717) is 12.2 Å². The van der Waals surface area contributed by atoms with Gasteiger partial charge >= 0.3 is 5.97 Å². The maximum Gasteiger partial charge on any atom is 0.338 e. The molecule has 0 saturated carbocycles. The van der Waals surface area contributed by atoms with Gasteiger partial charge in [0.25, 0.3) is 0 Å². The van der Waals surface area contributed by atoms with Crippen LogP contribution in [0.4, 0.5) is 0 Å². The normalized spacial score (nSPS) is 10.4. The lowest BCUT2D eigenvalue weighted by Gasteiger charge is -2.01. The minimum absolute atomic E-state index is 0.301. The largest absolute Gasteiger partial charge is 0.458 e. The van der Waals surface area contributed by atoms with Crippen LogP contribution in [0.15, 0.2) is 40.9 Å². The Morgan fingerprint density at radius 2 is 2.36 bits per heavy atom. The molecule has 1 rings (SSSR count). The summed E-state index contributed by atoms with van der Waals surface area (Å²) in [6, 6.07) is 7.12. The number of carbonyl (C=O) groups excluding carboxylic acids is 1. The summed E-state index contributed by atoms with van der Waals surface area (Å²) in [5.74, 6) is -0.301. The first kappa shape index (κ1) is 11.0. The minimum Gasteiger partial charge on any atom is -0.458 e. The Bertz CT molecular complexity index is 345. The zero-order valence-corrected chi connectivity index (χ0v) is 9.45. The van der Waals surface area contributed by atoms with Gasteiger partial charge in [-0.25, -0.2) is 4.79 Å². The van der Waals surface area contributed by atoms with Gasteiger partial charge in [0, 0.05) is 4.47 Å². The van der Waals surface area contributed by atoms with E-state index in [0.717, 1.165) is 4.47 Å². The highest BCUT2D eigenvalue weighted by Crippen LogP contribution is 2.12. The SMILES string of the molecule is C/C=C\COC(=O)c1cccc(Br)c1. The molecule has 0 atom stereocenters. The monoisotopic (exact) mass is 254 g/mol. The molecule has 0 N–H and O–H groups in total. The molecular weight excluding hydrogens is 244 g/mol. The van der Waals surface area contributed by atoms with Crippen LogP contribution in [0.5, 0.6) is 0 Å². The predicted molar refractivity (Wildman–Crippen MR) is 59.2 cm³/mol. The molecule has 0 aromatic heterocycles. The van der Waals surface area contributed by atoms with E-state index in [1.54, 1.807) is 24.3 Å². The number of benzene rings is 1. The molecule has 0 amide bonds. The topological polar surface area (TPSA) is 26.3 Å². The van der Waals surface area contributed by atoms with Crippen molar-refractivity contribution >= 4 is 21.9 Å². The fraction of sp³-hybridized carbons (Fsp3) is 0.182. The molecule has 0 bridgehead atoms. The fourth-order valence-electron chi connectivity index (χ4n) is 0.919. The Kier molecular flexibility index (Phi) is 4.40. The van der Waals surface area contributed by atoms with Crippen molar-refractivity contribution in [1.29, 1.82) is 0 Å². The summed E-state index contributed by atoms with van der Waals surface area (Å²) in [7, 11) is 0. The van der Waals surface area contributed by atoms with Crippen molar-refractivity contribution in [2.45, 2.75) is 6.92 Å². The Balaban J connectivity index is 2.60. The Morgan fingerprint density at radius 1 is 1.57 bits per heavy atom. The summed E-state index contributed by atoms with van der Waals surface area (Å²) >= 11 is 3.29. The molecule has 0 radical (unpaired) electrons. The van der Waals surface area contributed by atoms with Crippen LogP contribution < -0.4 is 0 Å². The van der Waals surface area contributed by atoms with Crippen LogP contribution in [-0.4, -0.2) is 12.6 Å². The second kappa shape index (κ2) is 5.60. The van der Waals surface area contributed by atoms with Crippen molar-refractivity contribution in [2.75, 3.05) is 6.61 Å². The first-order chi connectivity index (χ1) is 6.74. The molecule has 0 unspecified atom stereocenters. The van der Waals surface area contributed by atoms with Gasteiger partial charge in [-0.2, -0.15) is 0 Å². The van der Waals surface area contributed by atoms with Crippen LogP contribution in [0.3, 0.4) is 0 Å². The molecule has 0 spiro atoms. The molecule has 1 aromatic rings. The zero-order chi connectivity index (χ0) is 10.4. The van der Waals surface area contributed by atoms with Crippen LogP contribution in [-0.2, 0) is 4.74 Å². The number of halogens is 1. The third-order valence-corrected chi connectivity index (χ3v) is 2.10. The number of allylic oxidation sites excluding steroid dienone is 1. The average molecular weight is 255 g/mol. The average Bonchev–Trinajstić information content (AvgIpc) is 2.18. The van der Waals surface area contributed by atoms with Gasteiger partial charge in [0.15, 0.2) is 0 Å². The summed E-state index contributed by atoms with van der Waals surface area (Å²) < 4.78 is 5.85. The zero-order valence-electron chi connectivity index (χ0n) is 7.87. The lowest BCUT2D eigenvalue weighted by atomic mass is 10.2. The van der Waals surface area contributed by atoms with Crippen LogP contribution in [0.2, 0.25) is 0 Å². The summed E-state index contributed by atoms with van der Waals surface area (Å²) in [6.07, 6.45) is 3.63. The van der Waals surface area contributed by atoms with Crippen molar-refractivity contribution in [3.05, 3.63) is 46.5 Å². The van der Waals surface area contributed by atoms with Crippen molar-refractivity contribution < 1.29 is 9.53 Å². The number of ether oxygens (including phenoxy) is 1. The van der Waals surface area contributed by atoms with Gasteiger partial charge in [-0.1, -0.05) is 34.1 Å². The highest BCUT2D eigenvalue weighted by molar-refractivity contribution is 9.10. The summed E-state index contributed by atoms with van der Waals surface area (Å²) in [4.78, 5) is 11.4. The van der Waals surface area contributed by atoms with Crippen molar-refractivity contribution in [3.8, 4) is 0 Å². The van der Waals surface area contributed by atoms with Crippen LogP contribution >= 0.6 is 15.9 Å². The van der Waals surface area contributed by atoms with Crippen LogP contribution in [0.1, 0.15) is 17.3 Å². The maximum atomic E-state index is 11.4. The first-order valence-electron chi connectivity index (χ1n) is 4.28. The van der Waals surface area contributed by atoms with E-state index in [1.807, 2.05) is 19.1 Å². The summed E-state index contributed by atoms with van der Waals surface area (Å²) in [6.45, 7) is 2.20. The minimum atomic E-state index is -0.301. The summed E-state index contributed by atoms with van der Waals surface area (Å²) in [5, 5.41) is 0. The quantitative estimate of drug-likeness (QED) is 0.612. The van der Waals surface area contributed by atoms with E-state index in [2.05, 4.69) is 15.9 Å². The number of rotatable bonds is 3. The predicted octanol–water partition coefficient (Wildman–Crippen LogP) is 3.18. The number of carbonyl (C=O) groups is 1. The maximum absolute atomic E-state index is 11.4. The van der Waals surface area contributed by atoms with Gasteiger partial charge in [-0.05, 0) is 25.1 Å². The summed E-state index contributed by atoms with van der Waals surface area (Å²) in [5.41, 5.74) is 0.559. The van der Waals surface area contributed by atoms with E-state index in [4.69, 9.17) is 4.74 Å². The van der Waals surface area contributed by atoms with Crippen molar-refractivity contribution in [1.82, 2.24) is 0 Å². The van der Waals surface area contributed by atoms with E-state index in [9.17, 15) is 4.79 Å². The molecule has 74 valence electrons. The Morgan fingerprint density at radius 3 is 3.00 bits per heavy atom. The Hall–Kier alpha value is -1.09. The van der Waals surface area contributed by atoms with Gasteiger partial charge in [0.05, 0.1) is 5.56 Å². The van der Waals surface area contributed by atoms with Crippen LogP contribution in [0, 0.1) is 0 Å². The Labute approximate surface area is 91.7 Å².